The van der Waals surface area contributed by atoms with Crippen LogP contribution < -0.4 is 5.32 Å². The van der Waals surface area contributed by atoms with Crippen LogP contribution in [-0.4, -0.2) is 46.9 Å². The SMILES string of the molecule is CCCCC/C=C\C/C=C\CCCCCCCCCCCC(=O)OC(CCCCC/C=C/CCCCCCCCC)CC(=O)NC(CO)C(O)CCCCCCCCCCCCCCCCCCC. The lowest BCUT2D eigenvalue weighted by Crippen LogP contribution is -2.46. The minimum Gasteiger partial charge on any atom is -0.462 e. The molecule has 0 aromatic heterocycles. The third-order valence-electron chi connectivity index (χ3n) is 14.2. The van der Waals surface area contributed by atoms with Crippen molar-refractivity contribution in [3.8, 4) is 0 Å². The van der Waals surface area contributed by atoms with E-state index in [-0.39, 0.29) is 24.9 Å². The highest BCUT2D eigenvalue weighted by atomic mass is 16.5. The van der Waals surface area contributed by atoms with E-state index in [1.807, 2.05) is 0 Å². The van der Waals surface area contributed by atoms with Crippen LogP contribution in [0.3, 0.4) is 0 Å². The lowest BCUT2D eigenvalue weighted by atomic mass is 10.0. The zero-order chi connectivity index (χ0) is 50.2. The highest BCUT2D eigenvalue weighted by molar-refractivity contribution is 5.77. The van der Waals surface area contributed by atoms with Crippen molar-refractivity contribution in [1.29, 1.82) is 0 Å². The number of carbonyl (C=O) groups is 2. The van der Waals surface area contributed by atoms with E-state index >= 15 is 0 Å². The first-order valence-corrected chi connectivity index (χ1v) is 30.7. The van der Waals surface area contributed by atoms with Crippen molar-refractivity contribution in [2.45, 2.75) is 347 Å². The number of hydrogen-bond acceptors (Lipinski definition) is 5. The first-order chi connectivity index (χ1) is 34.0. The summed E-state index contributed by atoms with van der Waals surface area (Å²) in [5.41, 5.74) is 0. The van der Waals surface area contributed by atoms with Crippen LogP contribution in [0.15, 0.2) is 36.5 Å². The second-order valence-corrected chi connectivity index (χ2v) is 21.1. The monoisotopic (exact) mass is 970 g/mol. The molecule has 6 heteroatoms. The topological polar surface area (TPSA) is 95.9 Å². The van der Waals surface area contributed by atoms with Gasteiger partial charge in [-0.1, -0.05) is 269 Å². The van der Waals surface area contributed by atoms with Gasteiger partial charge in [-0.3, -0.25) is 9.59 Å². The predicted octanol–water partition coefficient (Wildman–Crippen LogP) is 19.2. The molecule has 0 aliphatic carbocycles. The third-order valence-corrected chi connectivity index (χ3v) is 14.2. The first kappa shape index (κ1) is 67.1. The molecule has 0 rings (SSSR count). The van der Waals surface area contributed by atoms with E-state index in [0.717, 1.165) is 64.2 Å². The van der Waals surface area contributed by atoms with Crippen molar-refractivity contribution in [1.82, 2.24) is 5.32 Å². The van der Waals surface area contributed by atoms with Crippen LogP contribution in [0.25, 0.3) is 0 Å². The van der Waals surface area contributed by atoms with Gasteiger partial charge in [-0.2, -0.15) is 0 Å². The number of nitrogens with one attached hydrogen (secondary N) is 1. The summed E-state index contributed by atoms with van der Waals surface area (Å²) in [5, 5.41) is 23.9. The Hall–Kier alpha value is -1.92. The number of ether oxygens (including phenoxy) is 1. The highest BCUT2D eigenvalue weighted by Crippen LogP contribution is 2.19. The van der Waals surface area contributed by atoms with Crippen molar-refractivity contribution in [3.63, 3.8) is 0 Å². The maximum absolute atomic E-state index is 13.3. The molecule has 6 nitrogen and oxygen atoms in total. The van der Waals surface area contributed by atoms with E-state index in [1.54, 1.807) is 0 Å². The summed E-state index contributed by atoms with van der Waals surface area (Å²) in [5.74, 6) is -0.477. The zero-order valence-corrected chi connectivity index (χ0v) is 46.5. The van der Waals surface area contributed by atoms with Crippen LogP contribution in [0.1, 0.15) is 329 Å². The first-order valence-electron chi connectivity index (χ1n) is 30.7. The Morgan fingerprint density at radius 1 is 0.420 bits per heavy atom. The molecule has 3 unspecified atom stereocenters. The van der Waals surface area contributed by atoms with Gasteiger partial charge in [0.1, 0.15) is 6.10 Å². The summed E-state index contributed by atoms with van der Waals surface area (Å²) in [4.78, 5) is 26.3. The van der Waals surface area contributed by atoms with Crippen LogP contribution in [0.5, 0.6) is 0 Å². The van der Waals surface area contributed by atoms with Gasteiger partial charge < -0.3 is 20.3 Å². The molecule has 0 heterocycles. The third kappa shape index (κ3) is 52.2. The normalized spacial score (nSPS) is 13.3. The molecule has 1 amide bonds. The molecule has 0 fully saturated rings. The van der Waals surface area contributed by atoms with Crippen molar-refractivity contribution in [2.24, 2.45) is 0 Å². The van der Waals surface area contributed by atoms with Crippen LogP contribution in [-0.2, 0) is 14.3 Å². The van der Waals surface area contributed by atoms with E-state index in [1.165, 1.54) is 218 Å². The maximum atomic E-state index is 13.3. The molecular formula is C63H119NO5. The van der Waals surface area contributed by atoms with Gasteiger partial charge in [-0.25, -0.2) is 0 Å². The minimum absolute atomic E-state index is 0.0687. The second-order valence-electron chi connectivity index (χ2n) is 21.1. The molecule has 0 saturated heterocycles. The second kappa shape index (κ2) is 57.0. The summed E-state index contributed by atoms with van der Waals surface area (Å²) in [6.45, 7) is 6.50. The summed E-state index contributed by atoms with van der Waals surface area (Å²) >= 11 is 0. The fourth-order valence-electron chi connectivity index (χ4n) is 9.52. The highest BCUT2D eigenvalue weighted by Gasteiger charge is 2.24. The van der Waals surface area contributed by atoms with Crippen LogP contribution in [0.2, 0.25) is 0 Å². The standard InChI is InChI=1S/C63H119NO5/c1-4-7-10-13-16-19-22-25-28-30-31-33-35-38-41-44-47-50-53-56-63(68)69-59(54-51-48-45-42-39-36-27-24-21-18-15-12-9-6-3)57-62(67)64-60(58-65)61(66)55-52-49-46-43-40-37-34-32-29-26-23-20-17-14-11-8-5-2/h16,19,25,28,36,39,59-61,65-66H,4-15,17-18,20-24,26-27,29-35,37-38,40-58H2,1-3H3,(H,64,67)/b19-16-,28-25-,39-36+. The molecule has 0 aromatic carbocycles. The average Bonchev–Trinajstić information content (AvgIpc) is 3.34. The fraction of sp³-hybridized carbons (Fsp3) is 0.873. The van der Waals surface area contributed by atoms with Gasteiger partial charge in [-0.15, -0.1) is 0 Å². The number of hydrogen-bond donors (Lipinski definition) is 3. The van der Waals surface area contributed by atoms with Gasteiger partial charge in [-0.05, 0) is 83.5 Å². The summed E-state index contributed by atoms with van der Waals surface area (Å²) in [6, 6.07) is -0.706. The Balaban J connectivity index is 4.50. The van der Waals surface area contributed by atoms with E-state index in [4.69, 9.17) is 4.74 Å². The van der Waals surface area contributed by atoms with Gasteiger partial charge >= 0.3 is 5.97 Å². The number of esters is 1. The predicted molar refractivity (Wildman–Crippen MR) is 301 cm³/mol. The molecule has 406 valence electrons. The Kier molecular flexibility index (Phi) is 55.4. The van der Waals surface area contributed by atoms with Crippen molar-refractivity contribution < 1.29 is 24.5 Å². The Morgan fingerprint density at radius 3 is 1.16 bits per heavy atom. The van der Waals surface area contributed by atoms with Gasteiger partial charge in [0.05, 0.1) is 25.2 Å². The zero-order valence-electron chi connectivity index (χ0n) is 46.5. The Labute approximate surface area is 430 Å². The maximum Gasteiger partial charge on any atom is 0.306 e. The van der Waals surface area contributed by atoms with E-state index in [2.05, 4.69) is 62.5 Å². The van der Waals surface area contributed by atoms with E-state index in [0.29, 0.717) is 19.3 Å². The molecule has 0 bridgehead atoms. The van der Waals surface area contributed by atoms with Gasteiger partial charge in [0.2, 0.25) is 5.91 Å². The number of aliphatic hydroxyl groups excluding tert-OH is 2. The van der Waals surface area contributed by atoms with Gasteiger partial charge in [0, 0.05) is 6.42 Å². The lowest BCUT2D eigenvalue weighted by Gasteiger charge is -2.24. The molecule has 0 aromatic rings. The quantitative estimate of drug-likeness (QED) is 0.0321. The Morgan fingerprint density at radius 2 is 0.739 bits per heavy atom. The number of carbonyl (C=O) groups excluding carboxylic acids is 2. The van der Waals surface area contributed by atoms with E-state index < -0.39 is 18.2 Å². The van der Waals surface area contributed by atoms with Crippen molar-refractivity contribution in [2.75, 3.05) is 6.61 Å². The molecule has 0 saturated carbocycles. The molecular weight excluding hydrogens is 851 g/mol. The summed E-state index contributed by atoms with van der Waals surface area (Å²) in [6.07, 6.45) is 69.3. The van der Waals surface area contributed by atoms with Crippen LogP contribution >= 0.6 is 0 Å². The molecule has 3 atom stereocenters. The molecule has 3 N–H and O–H groups in total. The van der Waals surface area contributed by atoms with Crippen molar-refractivity contribution in [3.05, 3.63) is 36.5 Å². The molecule has 0 aliphatic heterocycles. The average molecular weight is 971 g/mol. The largest absolute Gasteiger partial charge is 0.462 e. The lowest BCUT2D eigenvalue weighted by molar-refractivity contribution is -0.151. The number of allylic oxidation sites excluding steroid dienone is 6. The van der Waals surface area contributed by atoms with Crippen LogP contribution in [0.4, 0.5) is 0 Å². The number of aliphatic hydroxyl groups is 2. The fourth-order valence-corrected chi connectivity index (χ4v) is 9.52. The Bertz CT molecular complexity index is 1130. The van der Waals surface area contributed by atoms with Gasteiger partial charge in [0.15, 0.2) is 0 Å². The summed E-state index contributed by atoms with van der Waals surface area (Å²) in [7, 11) is 0. The van der Waals surface area contributed by atoms with Gasteiger partial charge in [0.25, 0.3) is 0 Å². The van der Waals surface area contributed by atoms with Crippen molar-refractivity contribution >= 4 is 11.9 Å². The van der Waals surface area contributed by atoms with E-state index in [9.17, 15) is 19.8 Å². The molecule has 69 heavy (non-hydrogen) atoms. The molecule has 0 radical (unpaired) electrons. The van der Waals surface area contributed by atoms with Crippen LogP contribution in [0, 0.1) is 0 Å². The number of unbranched alkanes of at least 4 members (excludes halogenated alkanes) is 38. The number of rotatable bonds is 56. The smallest absolute Gasteiger partial charge is 0.306 e. The number of amides is 1. The molecule has 0 aliphatic rings. The summed E-state index contributed by atoms with van der Waals surface area (Å²) < 4.78 is 5.97. The minimum atomic E-state index is -0.792. The molecule has 0 spiro atoms.